The highest BCUT2D eigenvalue weighted by Crippen LogP contribution is 2.22. The maximum atomic E-state index is 5.87. The van der Waals surface area contributed by atoms with Gasteiger partial charge in [0.1, 0.15) is 18.2 Å². The van der Waals surface area contributed by atoms with Crippen molar-refractivity contribution in [2.75, 3.05) is 5.73 Å². The summed E-state index contributed by atoms with van der Waals surface area (Å²) in [5.74, 6) is 1.34. The first-order valence-corrected chi connectivity index (χ1v) is 5.62. The summed E-state index contributed by atoms with van der Waals surface area (Å²) in [5.41, 5.74) is 7.50. The van der Waals surface area contributed by atoms with Crippen molar-refractivity contribution >= 4 is 17.4 Å². The van der Waals surface area contributed by atoms with Gasteiger partial charge in [-0.1, -0.05) is 17.7 Å². The van der Waals surface area contributed by atoms with Crippen LogP contribution >= 0.6 is 11.6 Å². The average Bonchev–Trinajstić information content (AvgIpc) is 2.30. The Kier molecular flexibility index (Phi) is 3.49. The Morgan fingerprint density at radius 2 is 2.12 bits per heavy atom. The van der Waals surface area contributed by atoms with Crippen molar-refractivity contribution in [1.82, 2.24) is 4.98 Å². The Bertz CT molecular complexity index is 511. The average molecular weight is 249 g/mol. The van der Waals surface area contributed by atoms with Gasteiger partial charge in [0.05, 0.1) is 0 Å². The number of nitrogens with two attached hydrogens (primary N) is 1. The molecule has 0 atom stereocenters. The smallest absolute Gasteiger partial charge is 0.123 e. The van der Waals surface area contributed by atoms with E-state index in [4.69, 9.17) is 22.1 Å². The van der Waals surface area contributed by atoms with E-state index in [-0.39, 0.29) is 0 Å². The van der Waals surface area contributed by atoms with E-state index < -0.39 is 0 Å². The predicted octanol–water partition coefficient (Wildman–Crippen LogP) is 3.20. The van der Waals surface area contributed by atoms with E-state index in [1.165, 1.54) is 0 Å². The first kappa shape index (κ1) is 11.7. The number of hydrogen-bond donors (Lipinski definition) is 1. The molecule has 0 aliphatic rings. The summed E-state index contributed by atoms with van der Waals surface area (Å²) in [6.07, 6.45) is 1.71. The summed E-state index contributed by atoms with van der Waals surface area (Å²) in [6.45, 7) is 2.43. The highest BCUT2D eigenvalue weighted by atomic mass is 35.5. The summed E-state index contributed by atoms with van der Waals surface area (Å²) in [4.78, 5) is 4.00. The van der Waals surface area contributed by atoms with Gasteiger partial charge in [-0.2, -0.15) is 0 Å². The first-order chi connectivity index (χ1) is 8.15. The van der Waals surface area contributed by atoms with Crippen LogP contribution in [0.4, 0.5) is 5.82 Å². The van der Waals surface area contributed by atoms with Crippen molar-refractivity contribution < 1.29 is 4.74 Å². The van der Waals surface area contributed by atoms with Gasteiger partial charge in [0.25, 0.3) is 0 Å². The Hall–Kier alpha value is -1.74. The molecule has 4 heteroatoms. The van der Waals surface area contributed by atoms with Gasteiger partial charge >= 0.3 is 0 Å². The molecule has 0 unspecified atom stereocenters. The van der Waals surface area contributed by atoms with Crippen molar-refractivity contribution in [2.45, 2.75) is 13.5 Å². The summed E-state index contributed by atoms with van der Waals surface area (Å²) >= 11 is 5.87. The Balaban J connectivity index is 2.04. The first-order valence-electron chi connectivity index (χ1n) is 5.24. The van der Waals surface area contributed by atoms with Gasteiger partial charge < -0.3 is 10.5 Å². The fourth-order valence-corrected chi connectivity index (χ4v) is 1.68. The lowest BCUT2D eigenvalue weighted by Crippen LogP contribution is -1.98. The number of pyridine rings is 1. The molecule has 0 aliphatic carbocycles. The van der Waals surface area contributed by atoms with E-state index in [0.29, 0.717) is 17.4 Å². The number of rotatable bonds is 3. The van der Waals surface area contributed by atoms with E-state index in [1.54, 1.807) is 12.3 Å². The molecule has 2 aromatic rings. The van der Waals surface area contributed by atoms with Gasteiger partial charge in [-0.15, -0.1) is 0 Å². The number of aryl methyl sites for hydroxylation is 1. The van der Waals surface area contributed by atoms with Crippen LogP contribution in [0.25, 0.3) is 0 Å². The fraction of sp³-hybridized carbons (Fsp3) is 0.154. The third-order valence-corrected chi connectivity index (χ3v) is 2.61. The fourth-order valence-electron chi connectivity index (χ4n) is 1.46. The van der Waals surface area contributed by atoms with Crippen LogP contribution in [-0.4, -0.2) is 4.98 Å². The van der Waals surface area contributed by atoms with Crippen LogP contribution in [0.15, 0.2) is 36.5 Å². The van der Waals surface area contributed by atoms with Crippen molar-refractivity contribution in [3.8, 4) is 5.75 Å². The normalized spacial score (nSPS) is 10.2. The molecule has 0 bridgehead atoms. The van der Waals surface area contributed by atoms with Gasteiger partial charge in [-0.05, 0) is 36.8 Å². The number of halogens is 1. The Morgan fingerprint density at radius 1 is 1.29 bits per heavy atom. The molecule has 1 heterocycles. The molecule has 2 rings (SSSR count). The zero-order chi connectivity index (χ0) is 12.3. The van der Waals surface area contributed by atoms with E-state index in [2.05, 4.69) is 4.98 Å². The summed E-state index contributed by atoms with van der Waals surface area (Å²) < 4.78 is 5.68. The molecule has 1 aromatic carbocycles. The molecule has 17 heavy (non-hydrogen) atoms. The minimum absolute atomic E-state index is 0.468. The molecule has 3 nitrogen and oxygen atoms in total. The lowest BCUT2D eigenvalue weighted by Gasteiger charge is -2.09. The van der Waals surface area contributed by atoms with E-state index >= 15 is 0 Å². The largest absolute Gasteiger partial charge is 0.489 e. The Labute approximate surface area is 105 Å². The molecule has 1 aromatic heterocycles. The number of anilines is 1. The van der Waals surface area contributed by atoms with Crippen LogP contribution < -0.4 is 10.5 Å². The SMILES string of the molecule is Cc1cc(Cl)ccc1OCc1ccc(N)nc1. The van der Waals surface area contributed by atoms with Crippen molar-refractivity contribution in [1.29, 1.82) is 0 Å². The summed E-state index contributed by atoms with van der Waals surface area (Å²) in [5, 5.41) is 0.712. The number of nitrogen functional groups attached to an aromatic ring is 1. The van der Waals surface area contributed by atoms with Crippen molar-refractivity contribution in [2.24, 2.45) is 0 Å². The summed E-state index contributed by atoms with van der Waals surface area (Å²) in [6, 6.07) is 9.20. The van der Waals surface area contributed by atoms with Gasteiger partial charge in [0.15, 0.2) is 0 Å². The standard InChI is InChI=1S/C13H13ClN2O/c1-9-6-11(14)3-4-12(9)17-8-10-2-5-13(15)16-7-10/h2-7H,8H2,1H3,(H2,15,16). The molecule has 0 saturated carbocycles. The number of hydrogen-bond acceptors (Lipinski definition) is 3. The second-order valence-electron chi connectivity index (χ2n) is 3.79. The van der Waals surface area contributed by atoms with Crippen molar-refractivity contribution in [3.05, 3.63) is 52.7 Å². The number of benzene rings is 1. The lowest BCUT2D eigenvalue weighted by atomic mass is 10.2. The van der Waals surface area contributed by atoms with Crippen LogP contribution in [0.1, 0.15) is 11.1 Å². The van der Waals surface area contributed by atoms with Crippen LogP contribution in [0.2, 0.25) is 5.02 Å². The van der Waals surface area contributed by atoms with Gasteiger partial charge in [-0.3, -0.25) is 0 Å². The summed E-state index contributed by atoms with van der Waals surface area (Å²) in [7, 11) is 0. The van der Waals surface area contributed by atoms with Gasteiger partial charge in [0.2, 0.25) is 0 Å². The van der Waals surface area contributed by atoms with Gasteiger partial charge in [0, 0.05) is 16.8 Å². The maximum Gasteiger partial charge on any atom is 0.123 e. The number of ether oxygens (including phenoxy) is 1. The molecule has 0 saturated heterocycles. The van der Waals surface area contributed by atoms with E-state index in [9.17, 15) is 0 Å². The van der Waals surface area contributed by atoms with Crippen molar-refractivity contribution in [3.63, 3.8) is 0 Å². The lowest BCUT2D eigenvalue weighted by molar-refractivity contribution is 0.303. The molecule has 2 N–H and O–H groups in total. The number of nitrogens with zero attached hydrogens (tertiary/aromatic N) is 1. The maximum absolute atomic E-state index is 5.87. The molecule has 0 spiro atoms. The van der Waals surface area contributed by atoms with Crippen LogP contribution in [0.3, 0.4) is 0 Å². The van der Waals surface area contributed by atoms with E-state index in [1.807, 2.05) is 31.2 Å². The molecule has 88 valence electrons. The Morgan fingerprint density at radius 3 is 2.76 bits per heavy atom. The predicted molar refractivity (Wildman–Crippen MR) is 69.2 cm³/mol. The van der Waals surface area contributed by atoms with Crippen LogP contribution in [0.5, 0.6) is 5.75 Å². The van der Waals surface area contributed by atoms with Crippen LogP contribution in [0, 0.1) is 6.92 Å². The molecule has 0 radical (unpaired) electrons. The molecule has 0 fully saturated rings. The monoisotopic (exact) mass is 248 g/mol. The van der Waals surface area contributed by atoms with Crippen LogP contribution in [-0.2, 0) is 6.61 Å². The quantitative estimate of drug-likeness (QED) is 0.907. The highest BCUT2D eigenvalue weighted by molar-refractivity contribution is 6.30. The van der Waals surface area contributed by atoms with Gasteiger partial charge in [-0.25, -0.2) is 4.98 Å². The second-order valence-corrected chi connectivity index (χ2v) is 4.23. The molecule has 0 aliphatic heterocycles. The second kappa shape index (κ2) is 5.06. The molecule has 0 amide bonds. The minimum Gasteiger partial charge on any atom is -0.489 e. The highest BCUT2D eigenvalue weighted by Gasteiger charge is 2.01. The minimum atomic E-state index is 0.468. The topological polar surface area (TPSA) is 48.1 Å². The zero-order valence-electron chi connectivity index (χ0n) is 9.48. The zero-order valence-corrected chi connectivity index (χ0v) is 10.2. The third-order valence-electron chi connectivity index (χ3n) is 2.38. The molecular formula is C13H13ClN2O. The number of aromatic nitrogens is 1. The molecular weight excluding hydrogens is 236 g/mol. The third kappa shape index (κ3) is 3.11. The van der Waals surface area contributed by atoms with E-state index in [0.717, 1.165) is 16.9 Å².